The van der Waals surface area contributed by atoms with E-state index >= 15 is 0 Å². The minimum Gasteiger partial charge on any atom is -0.507 e. The molecule has 0 radical (unpaired) electrons. The van der Waals surface area contributed by atoms with E-state index in [1.54, 1.807) is 54.6 Å². The number of ketones is 1. The van der Waals surface area contributed by atoms with Gasteiger partial charge in [0.25, 0.3) is 11.7 Å². The molecule has 1 amide bonds. The molecule has 1 saturated heterocycles. The van der Waals surface area contributed by atoms with E-state index in [-0.39, 0.29) is 11.3 Å². The number of aliphatic hydroxyl groups excluding tert-OH is 1. The quantitative estimate of drug-likeness (QED) is 0.373. The highest BCUT2D eigenvalue weighted by molar-refractivity contribution is 6.51. The monoisotopic (exact) mass is 407 g/mol. The van der Waals surface area contributed by atoms with E-state index in [2.05, 4.69) is 0 Å². The van der Waals surface area contributed by atoms with Crippen molar-refractivity contribution in [3.8, 4) is 0 Å². The van der Waals surface area contributed by atoms with Gasteiger partial charge in [-0.1, -0.05) is 41.9 Å². The minimum absolute atomic E-state index is 0.0622. The summed E-state index contributed by atoms with van der Waals surface area (Å²) in [5.41, 5.74) is 1.30. The van der Waals surface area contributed by atoms with Crippen LogP contribution in [-0.2, 0) is 9.59 Å². The maximum Gasteiger partial charge on any atom is 0.300 e. The van der Waals surface area contributed by atoms with Crippen molar-refractivity contribution in [3.63, 3.8) is 0 Å². The first-order valence-electron chi connectivity index (χ1n) is 8.85. The van der Waals surface area contributed by atoms with Gasteiger partial charge in [0.1, 0.15) is 11.6 Å². The van der Waals surface area contributed by atoms with Gasteiger partial charge in [-0.05, 0) is 54.1 Å². The van der Waals surface area contributed by atoms with Crippen LogP contribution in [0.3, 0.4) is 0 Å². The topological polar surface area (TPSA) is 57.6 Å². The maximum atomic E-state index is 13.5. The molecule has 29 heavy (non-hydrogen) atoms. The van der Waals surface area contributed by atoms with Gasteiger partial charge in [0.05, 0.1) is 11.6 Å². The van der Waals surface area contributed by atoms with Crippen LogP contribution in [-0.4, -0.2) is 16.8 Å². The Morgan fingerprint density at radius 3 is 2.14 bits per heavy atom. The van der Waals surface area contributed by atoms with Crippen molar-refractivity contribution in [1.29, 1.82) is 0 Å². The van der Waals surface area contributed by atoms with E-state index in [0.717, 1.165) is 0 Å². The van der Waals surface area contributed by atoms with Crippen molar-refractivity contribution in [2.75, 3.05) is 4.90 Å². The standard InChI is InChI=1S/C23H15ClFNO3/c24-16-10-6-15(7-11-16)21(27)19-20(14-8-12-17(25)13-9-14)26(23(29)22(19)28)18-4-2-1-3-5-18/h1-13,20,27H/b21-19+/t20-/m1/s1. The molecule has 1 heterocycles. The molecule has 3 aromatic rings. The Hall–Kier alpha value is -3.44. The molecule has 1 N–H and O–H groups in total. The number of hydrogen-bond acceptors (Lipinski definition) is 3. The molecule has 4 rings (SSSR count). The Kier molecular flexibility index (Phi) is 4.91. The smallest absolute Gasteiger partial charge is 0.300 e. The summed E-state index contributed by atoms with van der Waals surface area (Å²) < 4.78 is 13.5. The van der Waals surface area contributed by atoms with Crippen molar-refractivity contribution in [2.45, 2.75) is 6.04 Å². The lowest BCUT2D eigenvalue weighted by Crippen LogP contribution is -2.29. The number of nitrogens with zero attached hydrogens (tertiary/aromatic N) is 1. The number of amides is 1. The van der Waals surface area contributed by atoms with Crippen LogP contribution >= 0.6 is 11.6 Å². The summed E-state index contributed by atoms with van der Waals surface area (Å²) in [5.74, 6) is -2.33. The fraction of sp³-hybridized carbons (Fsp3) is 0.0435. The van der Waals surface area contributed by atoms with Gasteiger partial charge in [0.2, 0.25) is 0 Å². The zero-order valence-electron chi connectivity index (χ0n) is 15.0. The predicted molar refractivity (Wildman–Crippen MR) is 109 cm³/mol. The second-order valence-corrected chi connectivity index (χ2v) is 7.00. The highest BCUT2D eigenvalue weighted by Crippen LogP contribution is 2.42. The molecule has 1 atom stereocenters. The van der Waals surface area contributed by atoms with Gasteiger partial charge in [-0.3, -0.25) is 14.5 Å². The van der Waals surface area contributed by atoms with Crippen LogP contribution in [0.4, 0.5) is 10.1 Å². The number of halogens is 2. The van der Waals surface area contributed by atoms with Crippen LogP contribution in [0.1, 0.15) is 17.2 Å². The molecule has 1 fully saturated rings. The molecular formula is C23H15ClFNO3. The number of rotatable bonds is 3. The molecule has 6 heteroatoms. The van der Waals surface area contributed by atoms with Crippen molar-refractivity contribution >= 4 is 34.7 Å². The molecule has 0 bridgehead atoms. The van der Waals surface area contributed by atoms with Gasteiger partial charge in [-0.25, -0.2) is 4.39 Å². The molecule has 4 nitrogen and oxygen atoms in total. The number of carbonyl (C=O) groups is 2. The average molecular weight is 408 g/mol. The molecule has 0 aromatic heterocycles. The molecule has 0 unspecified atom stereocenters. The first kappa shape index (κ1) is 18.9. The van der Waals surface area contributed by atoms with Crippen molar-refractivity contribution < 1.29 is 19.1 Å². The normalized spacial score (nSPS) is 18.3. The van der Waals surface area contributed by atoms with Crippen molar-refractivity contribution in [1.82, 2.24) is 0 Å². The number of Topliss-reactive ketones (excluding diaryl/α,β-unsaturated/α-hetero) is 1. The Labute approximate surface area is 171 Å². The minimum atomic E-state index is -0.895. The summed E-state index contributed by atoms with van der Waals surface area (Å²) in [6.45, 7) is 0. The van der Waals surface area contributed by atoms with E-state index in [0.29, 0.717) is 21.8 Å². The Bertz CT molecular complexity index is 1110. The summed E-state index contributed by atoms with van der Waals surface area (Å²) in [4.78, 5) is 27.1. The summed E-state index contributed by atoms with van der Waals surface area (Å²) in [7, 11) is 0. The molecular weight excluding hydrogens is 393 g/mol. The highest BCUT2D eigenvalue weighted by Gasteiger charge is 2.46. The Balaban J connectivity index is 1.94. The number of carbonyl (C=O) groups excluding carboxylic acids is 2. The number of benzene rings is 3. The predicted octanol–water partition coefficient (Wildman–Crippen LogP) is 5.11. The summed E-state index contributed by atoms with van der Waals surface area (Å²) in [6, 6.07) is 19.6. The SMILES string of the molecule is O=C1C(=O)N(c2ccccc2)[C@H](c2ccc(F)cc2)/C1=C(\O)c1ccc(Cl)cc1. The van der Waals surface area contributed by atoms with Gasteiger partial charge >= 0.3 is 0 Å². The fourth-order valence-electron chi connectivity index (χ4n) is 3.41. The van der Waals surface area contributed by atoms with Crippen molar-refractivity contribution in [3.05, 3.63) is 106 Å². The molecule has 1 aliphatic rings. The lowest BCUT2D eigenvalue weighted by atomic mass is 9.95. The van der Waals surface area contributed by atoms with E-state index in [9.17, 15) is 19.1 Å². The lowest BCUT2D eigenvalue weighted by molar-refractivity contribution is -0.132. The average Bonchev–Trinajstić information content (AvgIpc) is 3.00. The van der Waals surface area contributed by atoms with E-state index < -0.39 is 23.5 Å². The summed E-state index contributed by atoms with van der Waals surface area (Å²) in [5, 5.41) is 11.4. The van der Waals surface area contributed by atoms with E-state index in [4.69, 9.17) is 11.6 Å². The van der Waals surface area contributed by atoms with Gasteiger partial charge in [-0.2, -0.15) is 0 Å². The zero-order valence-corrected chi connectivity index (χ0v) is 15.8. The van der Waals surface area contributed by atoms with Gasteiger partial charge < -0.3 is 5.11 Å². The second kappa shape index (κ2) is 7.53. The van der Waals surface area contributed by atoms with Gasteiger partial charge in [-0.15, -0.1) is 0 Å². The lowest BCUT2D eigenvalue weighted by Gasteiger charge is -2.25. The maximum absolute atomic E-state index is 13.5. The third-order valence-electron chi connectivity index (χ3n) is 4.78. The van der Waals surface area contributed by atoms with Gasteiger partial charge in [0, 0.05) is 16.3 Å². The fourth-order valence-corrected chi connectivity index (χ4v) is 3.54. The molecule has 0 spiro atoms. The Morgan fingerprint density at radius 2 is 1.52 bits per heavy atom. The third kappa shape index (κ3) is 3.41. The van der Waals surface area contributed by atoms with Crippen LogP contribution in [0.15, 0.2) is 84.4 Å². The van der Waals surface area contributed by atoms with Gasteiger partial charge in [0.15, 0.2) is 0 Å². The summed E-state index contributed by atoms with van der Waals surface area (Å²) in [6.07, 6.45) is 0. The number of anilines is 1. The molecule has 3 aromatic carbocycles. The zero-order chi connectivity index (χ0) is 20.5. The summed E-state index contributed by atoms with van der Waals surface area (Å²) >= 11 is 5.91. The van der Waals surface area contributed by atoms with E-state index in [1.807, 2.05) is 0 Å². The van der Waals surface area contributed by atoms with Crippen LogP contribution < -0.4 is 4.90 Å². The number of aliphatic hydroxyl groups is 1. The van der Waals surface area contributed by atoms with Crippen molar-refractivity contribution in [2.24, 2.45) is 0 Å². The molecule has 144 valence electrons. The molecule has 0 saturated carbocycles. The van der Waals surface area contributed by atoms with E-state index in [1.165, 1.54) is 29.2 Å². The molecule has 0 aliphatic carbocycles. The van der Waals surface area contributed by atoms with Crippen LogP contribution in [0.5, 0.6) is 0 Å². The first-order chi connectivity index (χ1) is 14.0. The van der Waals surface area contributed by atoms with Crippen LogP contribution in [0.2, 0.25) is 5.02 Å². The number of hydrogen-bond donors (Lipinski definition) is 1. The molecule has 1 aliphatic heterocycles. The Morgan fingerprint density at radius 1 is 0.897 bits per heavy atom. The van der Waals surface area contributed by atoms with Crippen LogP contribution in [0, 0.1) is 5.82 Å². The third-order valence-corrected chi connectivity index (χ3v) is 5.03. The first-order valence-corrected chi connectivity index (χ1v) is 9.22. The number of para-hydroxylation sites is 1. The second-order valence-electron chi connectivity index (χ2n) is 6.56. The van der Waals surface area contributed by atoms with Crippen LogP contribution in [0.25, 0.3) is 5.76 Å². The highest BCUT2D eigenvalue weighted by atomic mass is 35.5. The largest absolute Gasteiger partial charge is 0.507 e.